The molecule has 0 spiro atoms. The average Bonchev–Trinajstić information content (AvgIpc) is 2.35. The Morgan fingerprint density at radius 3 is 1.88 bits per heavy atom. The molecule has 0 bridgehead atoms. The van der Waals surface area contributed by atoms with Crippen molar-refractivity contribution in [1.82, 2.24) is 5.32 Å². The van der Waals surface area contributed by atoms with Gasteiger partial charge in [-0.25, -0.2) is 0 Å². The van der Waals surface area contributed by atoms with Gasteiger partial charge in [0.1, 0.15) is 0 Å². The lowest BCUT2D eigenvalue weighted by atomic mass is 10.1. The van der Waals surface area contributed by atoms with E-state index in [9.17, 15) is 0 Å². The number of methoxy groups -OCH3 is 3. The van der Waals surface area contributed by atoms with Crippen molar-refractivity contribution < 1.29 is 14.2 Å². The molecule has 16 heavy (non-hydrogen) atoms. The van der Waals surface area contributed by atoms with Crippen LogP contribution in [0.25, 0.3) is 0 Å². The van der Waals surface area contributed by atoms with E-state index in [1.807, 2.05) is 19.2 Å². The molecule has 0 radical (unpaired) electrons. The largest absolute Gasteiger partial charge is 0.493 e. The Balaban J connectivity index is 3.25. The molecule has 0 aromatic heterocycles. The first-order valence-corrected chi connectivity index (χ1v) is 5.34. The molecule has 1 rings (SSSR count). The number of hydrogen-bond acceptors (Lipinski definition) is 5. The number of hydrogen-bond donors (Lipinski definition) is 2. The van der Waals surface area contributed by atoms with Crippen LogP contribution in [-0.4, -0.2) is 28.4 Å². The Labute approximate surface area is 101 Å². The minimum atomic E-state index is -0.0753. The molecule has 0 saturated carbocycles. The number of nitrogens with one attached hydrogen (secondary N) is 1. The zero-order valence-corrected chi connectivity index (χ0v) is 10.8. The molecule has 1 aromatic carbocycles. The van der Waals surface area contributed by atoms with E-state index < -0.39 is 0 Å². The van der Waals surface area contributed by atoms with Crippen molar-refractivity contribution in [2.24, 2.45) is 0 Å². The van der Waals surface area contributed by atoms with Crippen LogP contribution >= 0.6 is 12.6 Å². The smallest absolute Gasteiger partial charge is 0.203 e. The molecule has 0 fully saturated rings. The highest BCUT2D eigenvalue weighted by Crippen LogP contribution is 2.40. The molecule has 0 aliphatic rings. The first-order valence-electron chi connectivity index (χ1n) is 4.83. The van der Waals surface area contributed by atoms with E-state index in [1.165, 1.54) is 0 Å². The van der Waals surface area contributed by atoms with Crippen molar-refractivity contribution in [2.75, 3.05) is 28.4 Å². The van der Waals surface area contributed by atoms with Gasteiger partial charge in [-0.15, -0.1) is 0 Å². The second kappa shape index (κ2) is 5.86. The third-order valence-corrected chi connectivity index (χ3v) is 2.83. The Hall–Kier alpha value is -1.07. The first-order chi connectivity index (χ1) is 7.67. The monoisotopic (exact) mass is 243 g/mol. The molecule has 4 nitrogen and oxygen atoms in total. The SMILES string of the molecule is CNC(S)c1cc(OC)c(OC)c(OC)c1. The molecular weight excluding hydrogens is 226 g/mol. The van der Waals surface area contributed by atoms with E-state index in [-0.39, 0.29) is 5.37 Å². The summed E-state index contributed by atoms with van der Waals surface area (Å²) in [6.07, 6.45) is 0. The van der Waals surface area contributed by atoms with Gasteiger partial charge in [0, 0.05) is 0 Å². The summed E-state index contributed by atoms with van der Waals surface area (Å²) in [6, 6.07) is 3.74. The third kappa shape index (κ3) is 2.54. The van der Waals surface area contributed by atoms with Gasteiger partial charge in [0.15, 0.2) is 11.5 Å². The molecule has 0 saturated heterocycles. The molecule has 90 valence electrons. The maximum Gasteiger partial charge on any atom is 0.203 e. The van der Waals surface area contributed by atoms with Crippen LogP contribution in [0.15, 0.2) is 12.1 Å². The number of benzene rings is 1. The van der Waals surface area contributed by atoms with E-state index in [4.69, 9.17) is 14.2 Å². The van der Waals surface area contributed by atoms with Gasteiger partial charge in [0.25, 0.3) is 0 Å². The lowest BCUT2D eigenvalue weighted by Crippen LogP contribution is -2.10. The summed E-state index contributed by atoms with van der Waals surface area (Å²) in [5, 5.41) is 2.96. The fourth-order valence-electron chi connectivity index (χ4n) is 1.43. The van der Waals surface area contributed by atoms with Gasteiger partial charge in [-0.2, -0.15) is 12.6 Å². The Morgan fingerprint density at radius 1 is 1.06 bits per heavy atom. The van der Waals surface area contributed by atoms with Crippen LogP contribution in [0.4, 0.5) is 0 Å². The van der Waals surface area contributed by atoms with Gasteiger partial charge in [-0.1, -0.05) is 0 Å². The standard InChI is InChI=1S/C11H17NO3S/c1-12-11(16)7-5-8(13-2)10(15-4)9(6-7)14-3/h5-6,11-12,16H,1-4H3. The Bertz CT molecular complexity index is 332. The molecular formula is C11H17NO3S. The van der Waals surface area contributed by atoms with E-state index >= 15 is 0 Å². The van der Waals surface area contributed by atoms with Crippen LogP contribution in [0.1, 0.15) is 10.9 Å². The summed E-state index contributed by atoms with van der Waals surface area (Å²) < 4.78 is 15.7. The maximum absolute atomic E-state index is 5.25. The Morgan fingerprint density at radius 2 is 1.56 bits per heavy atom. The molecule has 0 heterocycles. The van der Waals surface area contributed by atoms with E-state index in [1.54, 1.807) is 21.3 Å². The van der Waals surface area contributed by atoms with Gasteiger partial charge in [0.05, 0.1) is 26.7 Å². The molecule has 1 atom stereocenters. The van der Waals surface area contributed by atoms with Crippen LogP contribution in [0.3, 0.4) is 0 Å². The van der Waals surface area contributed by atoms with Crippen molar-refractivity contribution in [3.05, 3.63) is 17.7 Å². The Kier molecular flexibility index (Phi) is 4.76. The van der Waals surface area contributed by atoms with Gasteiger partial charge in [-0.05, 0) is 24.7 Å². The zero-order valence-electron chi connectivity index (χ0n) is 9.90. The molecule has 1 unspecified atom stereocenters. The van der Waals surface area contributed by atoms with E-state index in [0.717, 1.165) is 5.56 Å². The van der Waals surface area contributed by atoms with Crippen LogP contribution in [0.2, 0.25) is 0 Å². The molecule has 0 aliphatic carbocycles. The number of thiol groups is 1. The molecule has 1 N–H and O–H groups in total. The lowest BCUT2D eigenvalue weighted by molar-refractivity contribution is 0.323. The highest BCUT2D eigenvalue weighted by atomic mass is 32.1. The summed E-state index contributed by atoms with van der Waals surface area (Å²) in [5.41, 5.74) is 0.959. The summed E-state index contributed by atoms with van der Waals surface area (Å²) in [5.74, 6) is 1.85. The van der Waals surface area contributed by atoms with Crippen molar-refractivity contribution in [2.45, 2.75) is 5.37 Å². The minimum absolute atomic E-state index is 0.0753. The van der Waals surface area contributed by atoms with Crippen LogP contribution in [0.5, 0.6) is 17.2 Å². The fourth-order valence-corrected chi connectivity index (χ4v) is 1.57. The number of ether oxygens (including phenoxy) is 3. The van der Waals surface area contributed by atoms with Gasteiger partial charge in [0.2, 0.25) is 5.75 Å². The van der Waals surface area contributed by atoms with Crippen LogP contribution < -0.4 is 19.5 Å². The molecule has 1 aromatic rings. The first kappa shape index (κ1) is 13.0. The van der Waals surface area contributed by atoms with Gasteiger partial charge in [-0.3, -0.25) is 0 Å². The van der Waals surface area contributed by atoms with Crippen LogP contribution in [-0.2, 0) is 0 Å². The third-order valence-electron chi connectivity index (χ3n) is 2.28. The second-order valence-electron chi connectivity index (χ2n) is 3.15. The maximum atomic E-state index is 5.25. The molecule has 0 aliphatic heterocycles. The molecule has 5 heteroatoms. The predicted molar refractivity (Wildman–Crippen MR) is 66.9 cm³/mol. The van der Waals surface area contributed by atoms with Crippen molar-refractivity contribution in [1.29, 1.82) is 0 Å². The normalized spacial score (nSPS) is 12.1. The molecule has 0 amide bonds. The van der Waals surface area contributed by atoms with E-state index in [2.05, 4.69) is 17.9 Å². The summed E-state index contributed by atoms with van der Waals surface area (Å²) >= 11 is 4.39. The summed E-state index contributed by atoms with van der Waals surface area (Å²) in [4.78, 5) is 0. The quantitative estimate of drug-likeness (QED) is 0.611. The van der Waals surface area contributed by atoms with Crippen molar-refractivity contribution in [3.63, 3.8) is 0 Å². The summed E-state index contributed by atoms with van der Waals surface area (Å²) in [7, 11) is 6.60. The average molecular weight is 243 g/mol. The van der Waals surface area contributed by atoms with Crippen LogP contribution in [0, 0.1) is 0 Å². The van der Waals surface area contributed by atoms with Crippen molar-refractivity contribution >= 4 is 12.6 Å². The van der Waals surface area contributed by atoms with Gasteiger partial charge < -0.3 is 19.5 Å². The van der Waals surface area contributed by atoms with Gasteiger partial charge >= 0.3 is 0 Å². The number of rotatable bonds is 5. The fraction of sp³-hybridized carbons (Fsp3) is 0.455. The highest BCUT2D eigenvalue weighted by Gasteiger charge is 2.15. The zero-order chi connectivity index (χ0) is 12.1. The summed E-state index contributed by atoms with van der Waals surface area (Å²) in [6.45, 7) is 0. The van der Waals surface area contributed by atoms with E-state index in [0.29, 0.717) is 17.2 Å². The van der Waals surface area contributed by atoms with Crippen molar-refractivity contribution in [3.8, 4) is 17.2 Å². The second-order valence-corrected chi connectivity index (χ2v) is 3.67. The topological polar surface area (TPSA) is 39.7 Å². The predicted octanol–water partition coefficient (Wildman–Crippen LogP) is 1.86. The lowest BCUT2D eigenvalue weighted by Gasteiger charge is -2.16. The minimum Gasteiger partial charge on any atom is -0.493 e. The highest BCUT2D eigenvalue weighted by molar-refractivity contribution is 7.80.